The molecule has 23 heavy (non-hydrogen) atoms. The average Bonchev–Trinajstić information content (AvgIpc) is 2.47. The van der Waals surface area contributed by atoms with Crippen LogP contribution in [-0.4, -0.2) is 17.1 Å². The monoisotopic (exact) mass is 354 g/mol. The van der Waals surface area contributed by atoms with Gasteiger partial charge in [-0.15, -0.1) is 0 Å². The Balaban J connectivity index is 2.09. The molecule has 122 valence electrons. The first kappa shape index (κ1) is 17.4. The van der Waals surface area contributed by atoms with Crippen LogP contribution in [0.1, 0.15) is 13.3 Å². The highest BCUT2D eigenvalue weighted by molar-refractivity contribution is 6.35. The van der Waals surface area contributed by atoms with E-state index in [1.54, 1.807) is 30.3 Å². The van der Waals surface area contributed by atoms with Crippen LogP contribution in [0, 0.1) is 0 Å². The Hall–Kier alpha value is -1.98. The third kappa shape index (κ3) is 5.01. The molecule has 2 aromatic rings. The number of anilines is 1. The Bertz CT molecular complexity index is 739. The number of benzene rings is 1. The van der Waals surface area contributed by atoms with Crippen molar-refractivity contribution in [1.82, 2.24) is 4.57 Å². The van der Waals surface area contributed by atoms with Crippen LogP contribution in [-0.2, 0) is 11.3 Å². The van der Waals surface area contributed by atoms with Crippen LogP contribution >= 0.6 is 23.2 Å². The molecule has 1 aromatic carbocycles. The summed E-state index contributed by atoms with van der Waals surface area (Å²) in [4.78, 5) is 24.3. The first-order chi connectivity index (χ1) is 11.0. The summed E-state index contributed by atoms with van der Waals surface area (Å²) >= 11 is 11.8. The largest absolute Gasteiger partial charge is 0.488 e. The Kier molecular flexibility index (Phi) is 6.07. The highest BCUT2D eigenvalue weighted by atomic mass is 35.5. The molecule has 0 aliphatic carbocycles. The summed E-state index contributed by atoms with van der Waals surface area (Å²) in [6.45, 7) is 2.27. The summed E-state index contributed by atoms with van der Waals surface area (Å²) in [7, 11) is 0. The molecule has 7 heteroatoms. The fourth-order valence-electron chi connectivity index (χ4n) is 1.94. The lowest BCUT2D eigenvalue weighted by Crippen LogP contribution is -2.28. The molecule has 0 aliphatic rings. The number of halogens is 2. The Morgan fingerprint density at radius 1 is 1.26 bits per heavy atom. The van der Waals surface area contributed by atoms with Crippen LogP contribution in [0.2, 0.25) is 10.0 Å². The van der Waals surface area contributed by atoms with Gasteiger partial charge in [0.2, 0.25) is 5.91 Å². The summed E-state index contributed by atoms with van der Waals surface area (Å²) in [5, 5.41) is 3.49. The number of carbonyl (C=O) groups excluding carboxylic acids is 1. The van der Waals surface area contributed by atoms with E-state index in [1.807, 2.05) is 6.92 Å². The fraction of sp³-hybridized carbons (Fsp3) is 0.250. The van der Waals surface area contributed by atoms with E-state index in [2.05, 4.69) is 5.32 Å². The average molecular weight is 355 g/mol. The molecule has 1 N–H and O–H groups in total. The number of carbonyl (C=O) groups is 1. The summed E-state index contributed by atoms with van der Waals surface area (Å²) in [5.41, 5.74) is 0.124. The number of nitrogens with zero attached hydrogens (tertiary/aromatic N) is 1. The summed E-state index contributed by atoms with van der Waals surface area (Å²) in [5.74, 6) is -0.133. The van der Waals surface area contributed by atoms with E-state index in [1.165, 1.54) is 10.8 Å². The number of nitrogens with one attached hydrogen (secondary N) is 1. The van der Waals surface area contributed by atoms with E-state index in [0.717, 1.165) is 6.42 Å². The predicted molar refractivity (Wildman–Crippen MR) is 91.6 cm³/mol. The van der Waals surface area contributed by atoms with Crippen LogP contribution in [0.5, 0.6) is 5.75 Å². The standard InChI is InChI=1S/C16H16Cl2N2O3/c1-2-6-23-14-4-3-5-20(16(14)22)10-15(21)19-13-8-11(17)7-12(18)9-13/h3-5,7-9H,2,6,10H2,1H3,(H,19,21). The molecule has 1 heterocycles. The first-order valence-corrected chi connectivity index (χ1v) is 7.83. The van der Waals surface area contributed by atoms with Crippen molar-refractivity contribution >= 4 is 34.8 Å². The molecule has 0 radical (unpaired) electrons. The van der Waals surface area contributed by atoms with Crippen LogP contribution < -0.4 is 15.6 Å². The van der Waals surface area contributed by atoms with Crippen molar-refractivity contribution in [3.05, 3.63) is 56.9 Å². The van der Waals surface area contributed by atoms with Gasteiger partial charge in [-0.1, -0.05) is 30.1 Å². The van der Waals surface area contributed by atoms with Crippen molar-refractivity contribution in [2.45, 2.75) is 19.9 Å². The van der Waals surface area contributed by atoms with E-state index in [0.29, 0.717) is 22.3 Å². The third-order valence-corrected chi connectivity index (χ3v) is 3.34. The van der Waals surface area contributed by atoms with Gasteiger partial charge in [0.15, 0.2) is 5.75 Å². The van der Waals surface area contributed by atoms with E-state index < -0.39 is 0 Å². The minimum Gasteiger partial charge on any atom is -0.488 e. The molecule has 0 aliphatic heterocycles. The normalized spacial score (nSPS) is 10.4. The minimum absolute atomic E-state index is 0.133. The molecule has 0 spiro atoms. The summed E-state index contributed by atoms with van der Waals surface area (Å²) < 4.78 is 6.64. The molecule has 2 rings (SSSR count). The van der Waals surface area contributed by atoms with Crippen LogP contribution in [0.3, 0.4) is 0 Å². The molecular weight excluding hydrogens is 339 g/mol. The van der Waals surface area contributed by atoms with Gasteiger partial charge >= 0.3 is 0 Å². The summed E-state index contributed by atoms with van der Waals surface area (Å²) in [6.07, 6.45) is 2.33. The van der Waals surface area contributed by atoms with E-state index in [9.17, 15) is 9.59 Å². The fourth-order valence-corrected chi connectivity index (χ4v) is 2.47. The Morgan fingerprint density at radius 2 is 1.96 bits per heavy atom. The van der Waals surface area contributed by atoms with Gasteiger partial charge in [-0.05, 0) is 36.8 Å². The molecule has 0 atom stereocenters. The minimum atomic E-state index is -0.363. The predicted octanol–water partition coefficient (Wildman–Crippen LogP) is 3.58. The Labute approximate surface area is 143 Å². The quantitative estimate of drug-likeness (QED) is 0.862. The third-order valence-electron chi connectivity index (χ3n) is 2.91. The first-order valence-electron chi connectivity index (χ1n) is 7.08. The number of hydrogen-bond donors (Lipinski definition) is 1. The maximum Gasteiger partial charge on any atom is 0.293 e. The molecule has 0 bridgehead atoms. The van der Waals surface area contributed by atoms with E-state index >= 15 is 0 Å². The maximum absolute atomic E-state index is 12.2. The highest BCUT2D eigenvalue weighted by Crippen LogP contribution is 2.22. The lowest BCUT2D eigenvalue weighted by Gasteiger charge is -2.10. The number of ether oxygens (including phenoxy) is 1. The highest BCUT2D eigenvalue weighted by Gasteiger charge is 2.09. The van der Waals surface area contributed by atoms with Gasteiger partial charge in [-0.2, -0.15) is 0 Å². The number of hydrogen-bond acceptors (Lipinski definition) is 3. The molecule has 0 fully saturated rings. The van der Waals surface area contributed by atoms with Crippen molar-refractivity contribution in [3.8, 4) is 5.75 Å². The van der Waals surface area contributed by atoms with Crippen molar-refractivity contribution < 1.29 is 9.53 Å². The maximum atomic E-state index is 12.2. The summed E-state index contributed by atoms with van der Waals surface area (Å²) in [6, 6.07) is 7.97. The van der Waals surface area contributed by atoms with Crippen molar-refractivity contribution in [1.29, 1.82) is 0 Å². The molecule has 0 unspecified atom stereocenters. The zero-order valence-corrected chi connectivity index (χ0v) is 14.0. The molecule has 0 saturated carbocycles. The molecule has 0 saturated heterocycles. The lowest BCUT2D eigenvalue weighted by molar-refractivity contribution is -0.116. The van der Waals surface area contributed by atoms with Crippen LogP contribution in [0.25, 0.3) is 0 Å². The van der Waals surface area contributed by atoms with E-state index in [-0.39, 0.29) is 23.8 Å². The van der Waals surface area contributed by atoms with Crippen molar-refractivity contribution in [3.63, 3.8) is 0 Å². The van der Waals surface area contributed by atoms with Gasteiger partial charge in [0.1, 0.15) is 6.54 Å². The second kappa shape index (κ2) is 8.04. The Morgan fingerprint density at radius 3 is 2.61 bits per heavy atom. The van der Waals surface area contributed by atoms with Gasteiger partial charge in [-0.25, -0.2) is 0 Å². The van der Waals surface area contributed by atoms with Crippen molar-refractivity contribution in [2.75, 3.05) is 11.9 Å². The zero-order valence-electron chi connectivity index (χ0n) is 12.5. The molecule has 1 aromatic heterocycles. The number of rotatable bonds is 6. The van der Waals surface area contributed by atoms with Gasteiger partial charge in [0.25, 0.3) is 5.56 Å². The van der Waals surface area contributed by atoms with Gasteiger partial charge in [-0.3, -0.25) is 9.59 Å². The molecule has 1 amide bonds. The number of aromatic nitrogens is 1. The molecule has 5 nitrogen and oxygen atoms in total. The smallest absolute Gasteiger partial charge is 0.293 e. The number of amides is 1. The van der Waals surface area contributed by atoms with Gasteiger partial charge in [0, 0.05) is 21.9 Å². The second-order valence-corrected chi connectivity index (χ2v) is 5.73. The SMILES string of the molecule is CCCOc1cccn(CC(=O)Nc2cc(Cl)cc(Cl)c2)c1=O. The van der Waals surface area contributed by atoms with Gasteiger partial charge in [0.05, 0.1) is 6.61 Å². The van der Waals surface area contributed by atoms with E-state index in [4.69, 9.17) is 27.9 Å². The van der Waals surface area contributed by atoms with Gasteiger partial charge < -0.3 is 14.6 Å². The molecular formula is C16H16Cl2N2O3. The lowest BCUT2D eigenvalue weighted by atomic mass is 10.3. The van der Waals surface area contributed by atoms with Crippen LogP contribution in [0.4, 0.5) is 5.69 Å². The van der Waals surface area contributed by atoms with Crippen LogP contribution in [0.15, 0.2) is 41.3 Å². The zero-order chi connectivity index (χ0) is 16.8. The van der Waals surface area contributed by atoms with Crippen molar-refractivity contribution in [2.24, 2.45) is 0 Å². The number of pyridine rings is 1. The topological polar surface area (TPSA) is 60.3 Å². The second-order valence-electron chi connectivity index (χ2n) is 4.86.